The third-order valence-corrected chi connectivity index (χ3v) is 6.46. The Morgan fingerprint density at radius 2 is 1.89 bits per heavy atom. The number of alkyl halides is 3. The number of piperidine rings is 1. The Hall–Kier alpha value is -3.54. The molecule has 0 saturated carbocycles. The lowest BCUT2D eigenvalue weighted by Gasteiger charge is -2.32. The molecule has 2 saturated heterocycles. The molecular weight excluding hydrogens is 465 g/mol. The summed E-state index contributed by atoms with van der Waals surface area (Å²) in [5.74, 6) is -0.627. The van der Waals surface area contributed by atoms with Crippen molar-refractivity contribution in [3.05, 3.63) is 41.7 Å². The highest BCUT2D eigenvalue weighted by Gasteiger charge is 2.32. The summed E-state index contributed by atoms with van der Waals surface area (Å²) in [7, 11) is 0. The number of anilines is 2. The van der Waals surface area contributed by atoms with Crippen LogP contribution in [-0.2, 0) is 4.74 Å². The van der Waals surface area contributed by atoms with Gasteiger partial charge in [-0.25, -0.2) is 4.98 Å². The summed E-state index contributed by atoms with van der Waals surface area (Å²) < 4.78 is 46.6. The molecule has 12 heteroatoms. The van der Waals surface area contributed by atoms with Crippen molar-refractivity contribution in [3.63, 3.8) is 0 Å². The van der Waals surface area contributed by atoms with E-state index >= 15 is 0 Å². The topological polar surface area (TPSA) is 110 Å². The molecule has 4 heterocycles. The Bertz CT molecular complexity index is 1220. The number of carbonyl (C=O) groups is 1. The fraction of sp³-hybridized carbons (Fsp3) is 0.435. The van der Waals surface area contributed by atoms with Gasteiger partial charge >= 0.3 is 6.36 Å². The first-order valence-corrected chi connectivity index (χ1v) is 11.4. The summed E-state index contributed by atoms with van der Waals surface area (Å²) in [5.41, 5.74) is 8.65. The number of amides is 1. The van der Waals surface area contributed by atoms with E-state index in [9.17, 15) is 18.0 Å². The Morgan fingerprint density at radius 3 is 2.57 bits per heavy atom. The first-order chi connectivity index (χ1) is 16.8. The molecule has 0 spiro atoms. The fourth-order valence-corrected chi connectivity index (χ4v) is 4.68. The maximum atomic E-state index is 13.0. The summed E-state index contributed by atoms with van der Waals surface area (Å²) in [6.45, 7) is 3.96. The number of hydrogen-bond donors (Lipinski definition) is 2. The third kappa shape index (κ3) is 4.97. The molecule has 0 atom stereocenters. The largest absolute Gasteiger partial charge is 0.573 e. The molecule has 2 aromatic heterocycles. The number of nitrogens with zero attached hydrogens (tertiary/aromatic N) is 4. The minimum absolute atomic E-state index is 0.0566. The van der Waals surface area contributed by atoms with Gasteiger partial charge in [-0.2, -0.15) is 5.10 Å². The average Bonchev–Trinajstić information content (AvgIpc) is 3.27. The number of nitrogens with one attached hydrogen (secondary N) is 1. The molecule has 1 aromatic carbocycles. The first kappa shape index (κ1) is 23.2. The normalized spacial score (nSPS) is 17.7. The van der Waals surface area contributed by atoms with Crippen LogP contribution in [0.15, 0.2) is 30.5 Å². The molecule has 0 radical (unpaired) electrons. The van der Waals surface area contributed by atoms with Crippen LogP contribution < -0.4 is 15.4 Å². The number of aromatic nitrogens is 3. The predicted molar refractivity (Wildman–Crippen MR) is 122 cm³/mol. The van der Waals surface area contributed by atoms with Crippen molar-refractivity contribution in [3.8, 4) is 5.75 Å². The maximum absolute atomic E-state index is 13.0. The number of halogens is 3. The van der Waals surface area contributed by atoms with Crippen LogP contribution in [0.1, 0.15) is 34.8 Å². The van der Waals surface area contributed by atoms with Crippen molar-refractivity contribution in [1.29, 1.82) is 0 Å². The highest BCUT2D eigenvalue weighted by Crippen LogP contribution is 2.34. The van der Waals surface area contributed by atoms with Gasteiger partial charge in [0.1, 0.15) is 5.75 Å². The number of hydrogen-bond acceptors (Lipinski definition) is 7. The molecule has 186 valence electrons. The number of nitrogens with two attached hydrogens (primary N) is 1. The Kier molecular flexibility index (Phi) is 6.13. The van der Waals surface area contributed by atoms with Crippen LogP contribution >= 0.6 is 0 Å². The summed E-state index contributed by atoms with van der Waals surface area (Å²) in [6.07, 6.45) is -1.59. The summed E-state index contributed by atoms with van der Waals surface area (Å²) >= 11 is 0. The van der Waals surface area contributed by atoms with Crippen molar-refractivity contribution in [2.45, 2.75) is 25.1 Å². The number of benzene rings is 1. The number of pyridine rings is 1. The molecule has 2 fully saturated rings. The van der Waals surface area contributed by atoms with Crippen molar-refractivity contribution in [1.82, 2.24) is 20.1 Å². The Morgan fingerprint density at radius 1 is 1.14 bits per heavy atom. The molecule has 35 heavy (non-hydrogen) atoms. The first-order valence-electron chi connectivity index (χ1n) is 11.4. The van der Waals surface area contributed by atoms with E-state index < -0.39 is 12.1 Å². The number of aromatic amines is 1. The van der Waals surface area contributed by atoms with E-state index in [0.717, 1.165) is 47.6 Å². The minimum atomic E-state index is -4.82. The standard InChI is InChI=1S/C23H25F3N6O3/c24-23(25,26)35-16-1-2-17(19(27)12-16)22(33)32-5-3-14(4-6-32)20-18-11-15(13-28-21(18)30-29-20)31-7-9-34-10-8-31/h1-2,11-14H,3-10,27H2,(H,28,29,30). The Labute approximate surface area is 199 Å². The number of carbonyl (C=O) groups excluding carboxylic acids is 1. The van der Waals surface area contributed by atoms with Crippen molar-refractivity contribution in [2.75, 3.05) is 50.0 Å². The molecule has 0 bridgehead atoms. The van der Waals surface area contributed by atoms with Crippen LogP contribution in [0.4, 0.5) is 24.5 Å². The SMILES string of the molecule is Nc1cc(OC(F)(F)F)ccc1C(=O)N1CCC(c2n[nH]c3ncc(N4CCOCC4)cc23)CC1. The molecule has 0 unspecified atom stereocenters. The monoisotopic (exact) mass is 490 g/mol. The highest BCUT2D eigenvalue weighted by atomic mass is 19.4. The number of likely N-dealkylation sites (tertiary alicyclic amines) is 1. The average molecular weight is 490 g/mol. The molecule has 0 aliphatic carbocycles. The smallest absolute Gasteiger partial charge is 0.406 e. The quantitative estimate of drug-likeness (QED) is 0.540. The van der Waals surface area contributed by atoms with Gasteiger partial charge in [0.05, 0.1) is 36.4 Å². The minimum Gasteiger partial charge on any atom is -0.406 e. The molecule has 2 aliphatic heterocycles. The fourth-order valence-electron chi connectivity index (χ4n) is 4.68. The maximum Gasteiger partial charge on any atom is 0.573 e. The van der Waals surface area contributed by atoms with Gasteiger partial charge in [-0.05, 0) is 31.0 Å². The molecule has 5 rings (SSSR count). The van der Waals surface area contributed by atoms with E-state index in [1.165, 1.54) is 6.07 Å². The number of nitrogen functional groups attached to an aromatic ring is 1. The zero-order valence-electron chi connectivity index (χ0n) is 18.8. The third-order valence-electron chi connectivity index (χ3n) is 6.46. The van der Waals surface area contributed by atoms with Gasteiger partial charge in [0.2, 0.25) is 0 Å². The van der Waals surface area contributed by atoms with E-state index in [0.29, 0.717) is 39.1 Å². The van der Waals surface area contributed by atoms with E-state index in [1.807, 2.05) is 6.20 Å². The van der Waals surface area contributed by atoms with Crippen LogP contribution in [0.25, 0.3) is 11.0 Å². The van der Waals surface area contributed by atoms with Crippen LogP contribution in [-0.4, -0.2) is 71.7 Å². The number of rotatable bonds is 4. The molecule has 2 aliphatic rings. The number of ether oxygens (including phenoxy) is 2. The zero-order chi connectivity index (χ0) is 24.6. The second-order valence-corrected chi connectivity index (χ2v) is 8.66. The molecular formula is C23H25F3N6O3. The van der Waals surface area contributed by atoms with Gasteiger partial charge in [-0.15, -0.1) is 13.2 Å². The van der Waals surface area contributed by atoms with Gasteiger partial charge in [0.15, 0.2) is 5.65 Å². The highest BCUT2D eigenvalue weighted by molar-refractivity contribution is 5.99. The molecule has 1 amide bonds. The lowest BCUT2D eigenvalue weighted by Crippen LogP contribution is -2.38. The number of fused-ring (bicyclic) bond motifs is 1. The second kappa shape index (κ2) is 9.25. The number of H-pyrrole nitrogens is 1. The van der Waals surface area contributed by atoms with Gasteiger partial charge < -0.3 is 25.0 Å². The van der Waals surface area contributed by atoms with Gasteiger partial charge in [0.25, 0.3) is 5.91 Å². The molecule has 3 N–H and O–H groups in total. The van der Waals surface area contributed by atoms with Crippen LogP contribution in [0.3, 0.4) is 0 Å². The van der Waals surface area contributed by atoms with Gasteiger partial charge in [-0.3, -0.25) is 9.89 Å². The van der Waals surface area contributed by atoms with Crippen molar-refractivity contribution < 1.29 is 27.4 Å². The van der Waals surface area contributed by atoms with E-state index in [1.54, 1.807) is 4.90 Å². The van der Waals surface area contributed by atoms with E-state index in [-0.39, 0.29) is 23.1 Å². The second-order valence-electron chi connectivity index (χ2n) is 8.66. The zero-order valence-corrected chi connectivity index (χ0v) is 18.8. The predicted octanol–water partition coefficient (Wildman–Crippen LogP) is 3.30. The summed E-state index contributed by atoms with van der Waals surface area (Å²) in [4.78, 5) is 21.4. The molecule has 9 nitrogen and oxygen atoms in total. The van der Waals surface area contributed by atoms with Crippen molar-refractivity contribution in [2.24, 2.45) is 0 Å². The molecule has 3 aromatic rings. The summed E-state index contributed by atoms with van der Waals surface area (Å²) in [5, 5.41) is 8.51. The van der Waals surface area contributed by atoms with Crippen LogP contribution in [0, 0.1) is 0 Å². The Balaban J connectivity index is 1.27. The lowest BCUT2D eigenvalue weighted by atomic mass is 9.91. The van der Waals surface area contributed by atoms with Gasteiger partial charge in [0, 0.05) is 49.2 Å². The van der Waals surface area contributed by atoms with Crippen LogP contribution in [0.2, 0.25) is 0 Å². The van der Waals surface area contributed by atoms with Crippen LogP contribution in [0.5, 0.6) is 5.75 Å². The van der Waals surface area contributed by atoms with Crippen molar-refractivity contribution >= 4 is 28.3 Å². The summed E-state index contributed by atoms with van der Waals surface area (Å²) in [6, 6.07) is 5.49. The van der Waals surface area contributed by atoms with E-state index in [2.05, 4.69) is 30.9 Å². The number of morpholine rings is 1. The van der Waals surface area contributed by atoms with Gasteiger partial charge in [-0.1, -0.05) is 0 Å². The lowest BCUT2D eigenvalue weighted by molar-refractivity contribution is -0.274. The van der Waals surface area contributed by atoms with E-state index in [4.69, 9.17) is 10.5 Å².